The fourth-order valence-corrected chi connectivity index (χ4v) is 2.70. The normalized spacial score (nSPS) is 19.6. The Kier molecular flexibility index (Phi) is 3.53. The van der Waals surface area contributed by atoms with Crippen molar-refractivity contribution < 1.29 is 10.1 Å². The zero-order chi connectivity index (χ0) is 13.2. The molecule has 0 spiro atoms. The number of hydrogen-bond acceptors (Lipinski definition) is 2. The lowest BCUT2D eigenvalue weighted by atomic mass is 10.1. The van der Waals surface area contributed by atoms with Crippen LogP contribution in [-0.4, -0.2) is 29.0 Å². The highest BCUT2D eigenvalue weighted by Crippen LogP contribution is 2.28. The number of benzene rings is 1. The van der Waals surface area contributed by atoms with Gasteiger partial charge in [-0.1, -0.05) is 18.2 Å². The maximum absolute atomic E-state index is 6.05. The molecule has 0 fully saturated rings. The molecule has 1 aliphatic heterocycles. The smallest absolute Gasteiger partial charge is 0.148 e. The zero-order valence-electron chi connectivity index (χ0n) is 11.7. The van der Waals surface area contributed by atoms with Gasteiger partial charge in [-0.2, -0.15) is 5.10 Å². The van der Waals surface area contributed by atoms with E-state index in [4.69, 9.17) is 9.84 Å². The van der Waals surface area contributed by atoms with Crippen LogP contribution in [0.15, 0.2) is 24.3 Å². The van der Waals surface area contributed by atoms with E-state index in [2.05, 4.69) is 42.0 Å². The van der Waals surface area contributed by atoms with Crippen molar-refractivity contribution in [2.45, 2.75) is 39.0 Å². The Hall–Kier alpha value is -1.39. The van der Waals surface area contributed by atoms with Gasteiger partial charge in [0.25, 0.3) is 0 Å². The highest BCUT2D eigenvalue weighted by atomic mass is 16.5. The highest BCUT2D eigenvalue weighted by molar-refractivity contribution is 5.81. The molecule has 19 heavy (non-hydrogen) atoms. The molecule has 0 saturated heterocycles. The summed E-state index contributed by atoms with van der Waals surface area (Å²) in [5, 5.41) is 8.29. The van der Waals surface area contributed by atoms with E-state index in [1.165, 1.54) is 11.1 Å². The summed E-state index contributed by atoms with van der Waals surface area (Å²) in [7, 11) is 0. The molecule has 1 atom stereocenters. The van der Waals surface area contributed by atoms with Gasteiger partial charge < -0.3 is 10.1 Å². The standard InChI is InChI=1S/C15H21N3O/c1-11(2)16-10-14-15-12-6-3-4-7-13(12)17-18(15)8-5-9-19-14/h3-4,6-7,11,14,16H,5,8-10H2,1-2H3/p+1. The first kappa shape index (κ1) is 12.6. The Balaban J connectivity index is 1.99. The Morgan fingerprint density at radius 1 is 1.42 bits per heavy atom. The minimum absolute atomic E-state index is 0.150. The molecule has 0 bridgehead atoms. The van der Waals surface area contributed by atoms with Crippen LogP contribution in [0.3, 0.4) is 0 Å². The monoisotopic (exact) mass is 260 g/mol. The Labute approximate surface area is 113 Å². The number of ether oxygens (including phenoxy) is 1. The number of aromatic nitrogens is 2. The predicted octanol–water partition coefficient (Wildman–Crippen LogP) is 1.47. The van der Waals surface area contributed by atoms with E-state index in [0.29, 0.717) is 6.04 Å². The fraction of sp³-hybridized carbons (Fsp3) is 0.533. The molecule has 1 unspecified atom stereocenters. The van der Waals surface area contributed by atoms with E-state index in [9.17, 15) is 0 Å². The molecule has 1 aromatic carbocycles. The first-order valence-electron chi connectivity index (χ1n) is 7.16. The van der Waals surface area contributed by atoms with Crippen LogP contribution < -0.4 is 5.32 Å². The summed E-state index contributed by atoms with van der Waals surface area (Å²) < 4.78 is 8.20. The number of nitrogens with two attached hydrogens (primary N) is 1. The van der Waals surface area contributed by atoms with E-state index in [1.807, 2.05) is 6.07 Å². The van der Waals surface area contributed by atoms with Gasteiger partial charge in [-0.25, -0.2) is 0 Å². The zero-order valence-corrected chi connectivity index (χ0v) is 11.7. The molecule has 2 aromatic rings. The minimum atomic E-state index is 0.150. The van der Waals surface area contributed by atoms with Crippen LogP contribution in [-0.2, 0) is 11.3 Å². The summed E-state index contributed by atoms with van der Waals surface area (Å²) in [5.41, 5.74) is 2.34. The van der Waals surface area contributed by atoms with E-state index in [0.717, 1.165) is 31.6 Å². The Bertz CT molecular complexity index is 562. The lowest BCUT2D eigenvalue weighted by molar-refractivity contribution is -0.689. The van der Waals surface area contributed by atoms with Crippen LogP contribution in [0.1, 0.15) is 32.1 Å². The van der Waals surface area contributed by atoms with Crippen LogP contribution in [0, 0.1) is 0 Å². The van der Waals surface area contributed by atoms with Gasteiger partial charge in [0.05, 0.1) is 17.3 Å². The summed E-state index contributed by atoms with van der Waals surface area (Å²) in [6.45, 7) is 7.18. The van der Waals surface area contributed by atoms with Crippen molar-refractivity contribution in [2.24, 2.45) is 0 Å². The van der Waals surface area contributed by atoms with Gasteiger partial charge in [0, 0.05) is 18.5 Å². The molecule has 0 radical (unpaired) electrons. The van der Waals surface area contributed by atoms with Crippen molar-refractivity contribution in [1.29, 1.82) is 0 Å². The van der Waals surface area contributed by atoms with Crippen molar-refractivity contribution in [3.05, 3.63) is 30.0 Å². The first-order chi connectivity index (χ1) is 9.25. The van der Waals surface area contributed by atoms with Gasteiger partial charge in [0.15, 0.2) is 0 Å². The molecule has 4 nitrogen and oxygen atoms in total. The predicted molar refractivity (Wildman–Crippen MR) is 75.0 cm³/mol. The maximum atomic E-state index is 6.05. The molecule has 2 heterocycles. The number of quaternary nitrogens is 1. The molecule has 1 aromatic heterocycles. The van der Waals surface area contributed by atoms with Gasteiger partial charge in [-0.15, -0.1) is 0 Å². The van der Waals surface area contributed by atoms with Crippen molar-refractivity contribution in [1.82, 2.24) is 9.78 Å². The van der Waals surface area contributed by atoms with Gasteiger partial charge in [0.2, 0.25) is 0 Å². The molecule has 0 aliphatic carbocycles. The number of hydrogen-bond donors (Lipinski definition) is 1. The number of nitrogens with zero attached hydrogens (tertiary/aromatic N) is 2. The highest BCUT2D eigenvalue weighted by Gasteiger charge is 2.25. The van der Waals surface area contributed by atoms with E-state index < -0.39 is 0 Å². The van der Waals surface area contributed by atoms with E-state index in [1.54, 1.807) is 0 Å². The van der Waals surface area contributed by atoms with Crippen molar-refractivity contribution in [3.8, 4) is 0 Å². The molecule has 4 heteroatoms. The van der Waals surface area contributed by atoms with Crippen molar-refractivity contribution in [2.75, 3.05) is 13.2 Å². The van der Waals surface area contributed by atoms with Gasteiger partial charge >= 0.3 is 0 Å². The summed E-state index contributed by atoms with van der Waals surface area (Å²) in [5.74, 6) is 0. The second kappa shape index (κ2) is 5.31. The third-order valence-electron chi connectivity index (χ3n) is 3.65. The van der Waals surface area contributed by atoms with Crippen molar-refractivity contribution in [3.63, 3.8) is 0 Å². The molecular weight excluding hydrogens is 238 g/mol. The average molecular weight is 260 g/mol. The van der Waals surface area contributed by atoms with Crippen LogP contribution in [0.25, 0.3) is 10.9 Å². The lowest BCUT2D eigenvalue weighted by Gasteiger charge is -2.16. The Morgan fingerprint density at radius 2 is 2.26 bits per heavy atom. The minimum Gasteiger partial charge on any atom is -0.366 e. The average Bonchev–Trinajstić information content (AvgIpc) is 2.64. The van der Waals surface area contributed by atoms with E-state index in [-0.39, 0.29) is 6.10 Å². The molecule has 0 amide bonds. The third-order valence-corrected chi connectivity index (χ3v) is 3.65. The quantitative estimate of drug-likeness (QED) is 0.908. The molecular formula is C15H22N3O+. The molecule has 1 aliphatic rings. The fourth-order valence-electron chi connectivity index (χ4n) is 2.70. The summed E-state index contributed by atoms with van der Waals surface area (Å²) in [4.78, 5) is 0. The molecule has 3 rings (SSSR count). The van der Waals surface area contributed by atoms with Crippen molar-refractivity contribution >= 4 is 10.9 Å². The van der Waals surface area contributed by atoms with Gasteiger partial charge in [0.1, 0.15) is 12.6 Å². The molecule has 102 valence electrons. The molecule has 2 N–H and O–H groups in total. The maximum Gasteiger partial charge on any atom is 0.148 e. The topological polar surface area (TPSA) is 43.7 Å². The Morgan fingerprint density at radius 3 is 3.11 bits per heavy atom. The van der Waals surface area contributed by atoms with Crippen LogP contribution in [0.5, 0.6) is 0 Å². The van der Waals surface area contributed by atoms with Crippen LogP contribution in [0.2, 0.25) is 0 Å². The number of rotatable bonds is 3. The molecule has 0 saturated carbocycles. The van der Waals surface area contributed by atoms with Gasteiger partial charge in [-0.3, -0.25) is 4.68 Å². The second-order valence-corrected chi connectivity index (χ2v) is 5.55. The first-order valence-corrected chi connectivity index (χ1v) is 7.16. The van der Waals surface area contributed by atoms with Crippen LogP contribution >= 0.6 is 0 Å². The summed E-state index contributed by atoms with van der Waals surface area (Å²) in [6.07, 6.45) is 1.19. The number of fused-ring (bicyclic) bond motifs is 3. The summed E-state index contributed by atoms with van der Waals surface area (Å²) >= 11 is 0. The van der Waals surface area contributed by atoms with Crippen LogP contribution in [0.4, 0.5) is 0 Å². The van der Waals surface area contributed by atoms with Gasteiger partial charge in [-0.05, 0) is 26.3 Å². The third kappa shape index (κ3) is 2.51. The summed E-state index contributed by atoms with van der Waals surface area (Å²) in [6, 6.07) is 8.96. The SMILES string of the molecule is CC(C)[NH2+]CC1OCCCn2nc3ccccc3c21. The second-order valence-electron chi connectivity index (χ2n) is 5.55. The number of aryl methyl sites for hydroxylation is 1. The lowest BCUT2D eigenvalue weighted by Crippen LogP contribution is -2.89. The largest absolute Gasteiger partial charge is 0.366 e. The van der Waals surface area contributed by atoms with E-state index >= 15 is 0 Å².